The van der Waals surface area contributed by atoms with Crippen LogP contribution in [-0.2, 0) is 0 Å². The maximum absolute atomic E-state index is 12.1. The number of nitrogens with one attached hydrogen (secondary N) is 1. The van der Waals surface area contributed by atoms with Crippen molar-refractivity contribution in [2.45, 2.75) is 6.92 Å². The largest absolute Gasteiger partial charge is 0.496 e. The van der Waals surface area contributed by atoms with Crippen molar-refractivity contribution in [3.63, 3.8) is 0 Å². The fraction of sp³-hybridized carbons (Fsp3) is 0.143. The Balaban J connectivity index is 2.24. The minimum atomic E-state index is -0.190. The monoisotopic (exact) mass is 242 g/mol. The van der Waals surface area contributed by atoms with Crippen molar-refractivity contribution in [3.05, 3.63) is 53.7 Å². The number of ether oxygens (including phenoxy) is 1. The molecule has 2 aromatic rings. The molecule has 1 heterocycles. The van der Waals surface area contributed by atoms with Crippen molar-refractivity contribution < 1.29 is 9.53 Å². The molecule has 4 nitrogen and oxygen atoms in total. The standard InChI is InChI=1S/C14H14N2O2/c1-10-11(6-5-7-12(10)18-2)14(17)16-13-8-3-4-9-15-13/h3-9H,1-2H3,(H,15,16,17). The van der Waals surface area contributed by atoms with E-state index in [0.717, 1.165) is 5.56 Å². The topological polar surface area (TPSA) is 51.2 Å². The van der Waals surface area contributed by atoms with Gasteiger partial charge in [0.2, 0.25) is 0 Å². The molecule has 18 heavy (non-hydrogen) atoms. The Morgan fingerprint density at radius 1 is 1.22 bits per heavy atom. The molecule has 4 heteroatoms. The number of pyridine rings is 1. The van der Waals surface area contributed by atoms with Crippen LogP contribution in [0.4, 0.5) is 5.82 Å². The second-order valence-electron chi connectivity index (χ2n) is 3.80. The van der Waals surface area contributed by atoms with Crippen molar-refractivity contribution in [1.29, 1.82) is 0 Å². The summed E-state index contributed by atoms with van der Waals surface area (Å²) in [7, 11) is 1.59. The van der Waals surface area contributed by atoms with Crippen LogP contribution in [0.25, 0.3) is 0 Å². The predicted octanol–water partition coefficient (Wildman–Crippen LogP) is 2.65. The molecule has 0 aliphatic heterocycles. The third-order valence-corrected chi connectivity index (χ3v) is 2.66. The molecule has 2 rings (SSSR count). The maximum Gasteiger partial charge on any atom is 0.257 e. The molecular weight excluding hydrogens is 228 g/mol. The zero-order valence-electron chi connectivity index (χ0n) is 10.3. The summed E-state index contributed by atoms with van der Waals surface area (Å²) >= 11 is 0. The fourth-order valence-corrected chi connectivity index (χ4v) is 1.70. The highest BCUT2D eigenvalue weighted by molar-refractivity contribution is 6.05. The van der Waals surface area contributed by atoms with Crippen molar-refractivity contribution in [2.24, 2.45) is 0 Å². The van der Waals surface area contributed by atoms with Gasteiger partial charge in [0.25, 0.3) is 5.91 Å². The Kier molecular flexibility index (Phi) is 3.57. The van der Waals surface area contributed by atoms with E-state index >= 15 is 0 Å². The number of amides is 1. The smallest absolute Gasteiger partial charge is 0.257 e. The zero-order chi connectivity index (χ0) is 13.0. The summed E-state index contributed by atoms with van der Waals surface area (Å²) in [5.41, 5.74) is 1.40. The first-order valence-electron chi connectivity index (χ1n) is 5.58. The van der Waals surface area contributed by atoms with Crippen LogP contribution in [0.2, 0.25) is 0 Å². The van der Waals surface area contributed by atoms with E-state index in [1.54, 1.807) is 37.6 Å². The number of hydrogen-bond donors (Lipinski definition) is 1. The lowest BCUT2D eigenvalue weighted by Gasteiger charge is -2.10. The van der Waals surface area contributed by atoms with Gasteiger partial charge in [0.05, 0.1) is 7.11 Å². The Morgan fingerprint density at radius 2 is 2.06 bits per heavy atom. The van der Waals surface area contributed by atoms with Crippen LogP contribution >= 0.6 is 0 Å². The molecule has 0 aliphatic carbocycles. The minimum Gasteiger partial charge on any atom is -0.496 e. The van der Waals surface area contributed by atoms with E-state index in [1.807, 2.05) is 19.1 Å². The van der Waals surface area contributed by atoms with Crippen LogP contribution in [0.15, 0.2) is 42.6 Å². The highest BCUT2D eigenvalue weighted by Crippen LogP contribution is 2.21. The number of nitrogens with zero attached hydrogens (tertiary/aromatic N) is 1. The number of anilines is 1. The van der Waals surface area contributed by atoms with Gasteiger partial charge in [-0.05, 0) is 31.2 Å². The summed E-state index contributed by atoms with van der Waals surface area (Å²) in [6.07, 6.45) is 1.63. The summed E-state index contributed by atoms with van der Waals surface area (Å²) in [4.78, 5) is 16.1. The number of carbonyl (C=O) groups is 1. The van der Waals surface area contributed by atoms with E-state index < -0.39 is 0 Å². The molecule has 1 aromatic carbocycles. The highest BCUT2D eigenvalue weighted by atomic mass is 16.5. The first kappa shape index (κ1) is 12.1. The molecule has 0 saturated heterocycles. The van der Waals surface area contributed by atoms with Gasteiger partial charge in [-0.25, -0.2) is 4.98 Å². The normalized spacial score (nSPS) is 9.89. The third-order valence-electron chi connectivity index (χ3n) is 2.66. The van der Waals surface area contributed by atoms with E-state index in [9.17, 15) is 4.79 Å². The van der Waals surface area contributed by atoms with Crippen molar-refractivity contribution >= 4 is 11.7 Å². The number of carbonyl (C=O) groups excluding carboxylic acids is 1. The lowest BCUT2D eigenvalue weighted by atomic mass is 10.1. The molecule has 1 N–H and O–H groups in total. The zero-order valence-corrected chi connectivity index (χ0v) is 10.3. The Bertz CT molecular complexity index is 553. The van der Waals surface area contributed by atoms with Gasteiger partial charge in [-0.15, -0.1) is 0 Å². The van der Waals surface area contributed by atoms with Gasteiger partial charge in [-0.1, -0.05) is 12.1 Å². The first-order chi connectivity index (χ1) is 8.72. The van der Waals surface area contributed by atoms with Crippen molar-refractivity contribution in [2.75, 3.05) is 12.4 Å². The number of benzene rings is 1. The summed E-state index contributed by atoms with van der Waals surface area (Å²) in [5.74, 6) is 1.04. The van der Waals surface area contributed by atoms with E-state index in [1.165, 1.54) is 0 Å². The maximum atomic E-state index is 12.1. The van der Waals surface area contributed by atoms with E-state index in [0.29, 0.717) is 17.1 Å². The molecule has 0 atom stereocenters. The van der Waals surface area contributed by atoms with E-state index in [2.05, 4.69) is 10.3 Å². The lowest BCUT2D eigenvalue weighted by molar-refractivity contribution is 0.102. The average molecular weight is 242 g/mol. The molecule has 0 saturated carbocycles. The molecular formula is C14H14N2O2. The second-order valence-corrected chi connectivity index (χ2v) is 3.80. The van der Waals surface area contributed by atoms with Crippen molar-refractivity contribution in [3.8, 4) is 5.75 Å². The number of hydrogen-bond acceptors (Lipinski definition) is 3. The first-order valence-corrected chi connectivity index (χ1v) is 5.58. The van der Waals surface area contributed by atoms with Gasteiger partial charge in [-0.2, -0.15) is 0 Å². The SMILES string of the molecule is COc1cccc(C(=O)Nc2ccccn2)c1C. The number of aromatic nitrogens is 1. The molecule has 0 fully saturated rings. The van der Waals surface area contributed by atoms with Gasteiger partial charge in [0.15, 0.2) is 0 Å². The molecule has 1 aromatic heterocycles. The van der Waals surface area contributed by atoms with Gasteiger partial charge in [0, 0.05) is 17.3 Å². The second kappa shape index (κ2) is 5.31. The predicted molar refractivity (Wildman–Crippen MR) is 69.9 cm³/mol. The summed E-state index contributed by atoms with van der Waals surface area (Å²) in [6.45, 7) is 1.85. The van der Waals surface area contributed by atoms with Crippen LogP contribution in [-0.4, -0.2) is 18.0 Å². The molecule has 1 amide bonds. The number of rotatable bonds is 3. The highest BCUT2D eigenvalue weighted by Gasteiger charge is 2.12. The van der Waals surface area contributed by atoms with Gasteiger partial charge < -0.3 is 10.1 Å². The van der Waals surface area contributed by atoms with Crippen LogP contribution < -0.4 is 10.1 Å². The Hall–Kier alpha value is -2.36. The number of methoxy groups -OCH3 is 1. The summed E-state index contributed by atoms with van der Waals surface area (Å²) in [6, 6.07) is 10.7. The third kappa shape index (κ3) is 2.48. The molecule has 0 radical (unpaired) electrons. The Labute approximate surface area is 106 Å². The van der Waals surface area contributed by atoms with Crippen LogP contribution in [0.1, 0.15) is 15.9 Å². The quantitative estimate of drug-likeness (QED) is 0.900. The molecule has 92 valence electrons. The van der Waals surface area contributed by atoms with Crippen LogP contribution in [0, 0.1) is 6.92 Å². The van der Waals surface area contributed by atoms with E-state index in [4.69, 9.17) is 4.74 Å². The molecule has 0 aliphatic rings. The lowest BCUT2D eigenvalue weighted by Crippen LogP contribution is -2.14. The minimum absolute atomic E-state index is 0.190. The molecule has 0 spiro atoms. The van der Waals surface area contributed by atoms with Gasteiger partial charge in [0.1, 0.15) is 11.6 Å². The van der Waals surface area contributed by atoms with Gasteiger partial charge in [-0.3, -0.25) is 4.79 Å². The molecule has 0 bridgehead atoms. The van der Waals surface area contributed by atoms with Crippen molar-refractivity contribution in [1.82, 2.24) is 4.98 Å². The van der Waals surface area contributed by atoms with E-state index in [-0.39, 0.29) is 5.91 Å². The Morgan fingerprint density at radius 3 is 2.72 bits per heavy atom. The average Bonchev–Trinajstić information content (AvgIpc) is 2.40. The van der Waals surface area contributed by atoms with Crippen LogP contribution in [0.5, 0.6) is 5.75 Å². The fourth-order valence-electron chi connectivity index (χ4n) is 1.70. The summed E-state index contributed by atoms with van der Waals surface area (Å²) in [5, 5.41) is 2.74. The van der Waals surface area contributed by atoms with Gasteiger partial charge >= 0.3 is 0 Å². The van der Waals surface area contributed by atoms with Crippen LogP contribution in [0.3, 0.4) is 0 Å². The summed E-state index contributed by atoms with van der Waals surface area (Å²) < 4.78 is 5.19. The molecule has 0 unspecified atom stereocenters.